The minimum Gasteiger partial charge on any atom is -0.470 e. The van der Waals surface area contributed by atoms with Crippen LogP contribution in [0.15, 0.2) is 37.1 Å². The van der Waals surface area contributed by atoms with Crippen molar-refractivity contribution in [1.29, 1.82) is 0 Å². The van der Waals surface area contributed by atoms with Crippen LogP contribution in [-0.4, -0.2) is 65.3 Å². The number of nitrogens with zero attached hydrogens (tertiary/aromatic N) is 8. The Balaban J connectivity index is 1.32. The molecule has 180 valence electrons. The molecule has 0 aromatic carbocycles. The predicted molar refractivity (Wildman–Crippen MR) is 133 cm³/mol. The van der Waals surface area contributed by atoms with Crippen molar-refractivity contribution in [3.63, 3.8) is 0 Å². The van der Waals surface area contributed by atoms with E-state index < -0.39 is 0 Å². The number of aryl methyl sites for hydroxylation is 1. The first-order valence-electron chi connectivity index (χ1n) is 12.1. The third-order valence-corrected chi connectivity index (χ3v) is 6.91. The summed E-state index contributed by atoms with van der Waals surface area (Å²) in [5, 5.41) is 7.92. The van der Waals surface area contributed by atoms with Crippen LogP contribution in [0.2, 0.25) is 0 Å². The highest BCUT2D eigenvalue weighted by atomic mass is 16.5. The van der Waals surface area contributed by atoms with Gasteiger partial charge in [0.25, 0.3) is 0 Å². The minimum absolute atomic E-state index is 0.207. The quantitative estimate of drug-likeness (QED) is 0.447. The van der Waals surface area contributed by atoms with Crippen molar-refractivity contribution in [3.8, 4) is 17.1 Å². The summed E-state index contributed by atoms with van der Waals surface area (Å²) >= 11 is 0. The lowest BCUT2D eigenvalue weighted by Gasteiger charge is -2.28. The molecule has 4 aromatic rings. The molecule has 0 amide bonds. The molecule has 1 aliphatic heterocycles. The SMILES string of the molecule is Cc1ncncc1-c1ccc2nc(Nc3cnn(C4CCN(C)CC4)c3)nc(OC3(C)CC3)c2n1. The van der Waals surface area contributed by atoms with E-state index in [1.807, 2.05) is 31.5 Å². The summed E-state index contributed by atoms with van der Waals surface area (Å²) in [5.74, 6) is 0.949. The summed E-state index contributed by atoms with van der Waals surface area (Å²) in [4.78, 5) is 25.1. The monoisotopic (exact) mass is 471 g/mol. The van der Waals surface area contributed by atoms with Crippen molar-refractivity contribution in [2.24, 2.45) is 0 Å². The Morgan fingerprint density at radius 3 is 2.69 bits per heavy atom. The lowest BCUT2D eigenvalue weighted by molar-refractivity contribution is 0.194. The molecule has 5 heterocycles. The molecule has 4 aromatic heterocycles. The molecule has 10 heteroatoms. The number of nitrogens with one attached hydrogen (secondary N) is 1. The number of fused-ring (bicyclic) bond motifs is 1. The van der Waals surface area contributed by atoms with Crippen molar-refractivity contribution in [3.05, 3.63) is 42.7 Å². The van der Waals surface area contributed by atoms with Crippen LogP contribution in [0.5, 0.6) is 5.88 Å². The van der Waals surface area contributed by atoms with Gasteiger partial charge in [-0.3, -0.25) is 4.68 Å². The summed E-state index contributed by atoms with van der Waals surface area (Å²) in [6.07, 6.45) is 11.4. The first-order valence-corrected chi connectivity index (χ1v) is 12.1. The fourth-order valence-corrected chi connectivity index (χ4v) is 4.41. The largest absolute Gasteiger partial charge is 0.470 e. The molecule has 0 spiro atoms. The van der Waals surface area contributed by atoms with Gasteiger partial charge in [-0.1, -0.05) is 0 Å². The number of hydrogen-bond acceptors (Lipinski definition) is 9. The highest BCUT2D eigenvalue weighted by Gasteiger charge is 2.41. The topological polar surface area (TPSA) is 107 Å². The normalized spacial score (nSPS) is 18.0. The zero-order valence-corrected chi connectivity index (χ0v) is 20.3. The van der Waals surface area contributed by atoms with Gasteiger partial charge >= 0.3 is 0 Å². The zero-order chi connectivity index (χ0) is 24.0. The molecule has 2 fully saturated rings. The van der Waals surface area contributed by atoms with E-state index in [1.165, 1.54) is 6.33 Å². The van der Waals surface area contributed by atoms with Gasteiger partial charge in [0.2, 0.25) is 11.8 Å². The van der Waals surface area contributed by atoms with Crippen LogP contribution in [-0.2, 0) is 0 Å². The van der Waals surface area contributed by atoms with Crippen LogP contribution in [0.25, 0.3) is 22.3 Å². The average molecular weight is 472 g/mol. The van der Waals surface area contributed by atoms with E-state index in [-0.39, 0.29) is 5.60 Å². The van der Waals surface area contributed by atoms with Gasteiger partial charge in [0, 0.05) is 18.0 Å². The summed E-state index contributed by atoms with van der Waals surface area (Å²) in [6.45, 7) is 6.22. The predicted octanol–water partition coefficient (Wildman–Crippen LogP) is 3.93. The molecule has 10 nitrogen and oxygen atoms in total. The Morgan fingerprint density at radius 2 is 1.91 bits per heavy atom. The molecule has 6 rings (SSSR count). The molecule has 1 saturated heterocycles. The van der Waals surface area contributed by atoms with E-state index in [4.69, 9.17) is 19.7 Å². The third kappa shape index (κ3) is 4.53. The second kappa shape index (κ2) is 8.53. The molecular weight excluding hydrogens is 442 g/mol. The molecule has 1 aliphatic carbocycles. The lowest BCUT2D eigenvalue weighted by atomic mass is 10.1. The van der Waals surface area contributed by atoms with E-state index in [1.54, 1.807) is 6.20 Å². The van der Waals surface area contributed by atoms with E-state index in [0.717, 1.165) is 61.4 Å². The van der Waals surface area contributed by atoms with Gasteiger partial charge in [0.1, 0.15) is 11.9 Å². The molecule has 1 N–H and O–H groups in total. The van der Waals surface area contributed by atoms with Crippen molar-refractivity contribution >= 4 is 22.7 Å². The van der Waals surface area contributed by atoms with Crippen LogP contribution < -0.4 is 10.1 Å². The van der Waals surface area contributed by atoms with Crippen LogP contribution in [0.3, 0.4) is 0 Å². The van der Waals surface area contributed by atoms with Crippen molar-refractivity contribution in [2.45, 2.75) is 51.2 Å². The number of piperidine rings is 1. The number of anilines is 2. The van der Waals surface area contributed by atoms with Gasteiger partial charge in [-0.15, -0.1) is 0 Å². The van der Waals surface area contributed by atoms with Crippen molar-refractivity contribution < 1.29 is 4.74 Å². The number of likely N-dealkylation sites (tertiary alicyclic amines) is 1. The van der Waals surface area contributed by atoms with Gasteiger partial charge in [0.15, 0.2) is 5.52 Å². The van der Waals surface area contributed by atoms with Crippen molar-refractivity contribution in [1.82, 2.24) is 39.6 Å². The Morgan fingerprint density at radius 1 is 1.09 bits per heavy atom. The van der Waals surface area contributed by atoms with Gasteiger partial charge in [-0.05, 0) is 71.8 Å². The molecule has 0 radical (unpaired) electrons. The van der Waals surface area contributed by atoms with Gasteiger partial charge in [-0.25, -0.2) is 19.9 Å². The maximum atomic E-state index is 6.33. The Kier molecular flexibility index (Phi) is 5.32. The van der Waals surface area contributed by atoms with Gasteiger partial charge in [-0.2, -0.15) is 10.1 Å². The van der Waals surface area contributed by atoms with E-state index in [2.05, 4.69) is 43.9 Å². The fourth-order valence-electron chi connectivity index (χ4n) is 4.41. The summed E-state index contributed by atoms with van der Waals surface area (Å²) < 4.78 is 8.38. The maximum absolute atomic E-state index is 6.33. The molecule has 2 aliphatic rings. The number of aromatic nitrogens is 7. The standard InChI is InChI=1S/C25H29N9O/c1-16-19(13-26-15-27-16)20-4-5-21-22(30-20)23(35-25(2)8-9-25)32-24(31-21)29-17-12-28-34(14-17)18-6-10-33(3)11-7-18/h4-5,12-15,18H,6-11H2,1-3H3,(H,29,31,32). The molecule has 0 bridgehead atoms. The number of pyridine rings is 1. The first-order chi connectivity index (χ1) is 17.0. The number of hydrogen-bond donors (Lipinski definition) is 1. The molecule has 35 heavy (non-hydrogen) atoms. The highest BCUT2D eigenvalue weighted by molar-refractivity contribution is 5.83. The zero-order valence-electron chi connectivity index (χ0n) is 20.3. The minimum atomic E-state index is -0.207. The van der Waals surface area contributed by atoms with Gasteiger partial charge < -0.3 is 15.0 Å². The van der Waals surface area contributed by atoms with Crippen LogP contribution in [0, 0.1) is 6.92 Å². The summed E-state index contributed by atoms with van der Waals surface area (Å²) in [7, 11) is 2.16. The molecule has 1 saturated carbocycles. The average Bonchev–Trinajstić information content (AvgIpc) is 3.39. The van der Waals surface area contributed by atoms with Crippen LogP contribution in [0.1, 0.15) is 44.3 Å². The Bertz CT molecular complexity index is 1370. The number of rotatable bonds is 6. The number of ether oxygens (including phenoxy) is 1. The highest BCUT2D eigenvalue weighted by Crippen LogP contribution is 2.41. The second-order valence-electron chi connectivity index (χ2n) is 9.86. The van der Waals surface area contributed by atoms with E-state index in [9.17, 15) is 0 Å². The summed E-state index contributed by atoms with van der Waals surface area (Å²) in [6, 6.07) is 4.30. The van der Waals surface area contributed by atoms with Crippen LogP contribution >= 0.6 is 0 Å². The molecule has 0 unspecified atom stereocenters. The lowest BCUT2D eigenvalue weighted by Crippen LogP contribution is -2.31. The molecule has 0 atom stereocenters. The van der Waals surface area contributed by atoms with Crippen LogP contribution in [0.4, 0.5) is 11.6 Å². The third-order valence-electron chi connectivity index (χ3n) is 6.91. The fraction of sp³-hybridized carbons (Fsp3) is 0.440. The summed E-state index contributed by atoms with van der Waals surface area (Å²) in [5.41, 5.74) is 4.50. The molecular formula is C25H29N9O. The van der Waals surface area contributed by atoms with Gasteiger partial charge in [0.05, 0.1) is 34.8 Å². The maximum Gasteiger partial charge on any atom is 0.246 e. The second-order valence-corrected chi connectivity index (χ2v) is 9.86. The first kappa shape index (κ1) is 21.8. The Labute approximate surface area is 203 Å². The van der Waals surface area contributed by atoms with Crippen molar-refractivity contribution in [2.75, 3.05) is 25.5 Å². The smallest absolute Gasteiger partial charge is 0.246 e. The van der Waals surface area contributed by atoms with E-state index in [0.29, 0.717) is 28.9 Å². The Hall–Kier alpha value is -3.66. The van der Waals surface area contributed by atoms with E-state index >= 15 is 0 Å².